The highest BCUT2D eigenvalue weighted by Crippen LogP contribution is 2.23. The van der Waals surface area contributed by atoms with E-state index in [1.807, 2.05) is 6.07 Å². The van der Waals surface area contributed by atoms with E-state index in [4.69, 9.17) is 0 Å². The monoisotopic (exact) mass is 253 g/mol. The van der Waals surface area contributed by atoms with E-state index >= 15 is 0 Å². The van der Waals surface area contributed by atoms with Crippen LogP contribution in [0.3, 0.4) is 0 Å². The van der Waals surface area contributed by atoms with Gasteiger partial charge in [-0.05, 0) is 40.5 Å². The highest BCUT2D eigenvalue weighted by atomic mass is 79.9. The fourth-order valence-electron chi connectivity index (χ4n) is 1.34. The van der Waals surface area contributed by atoms with Gasteiger partial charge in [0, 0.05) is 11.0 Å². The molecule has 74 valence electrons. The van der Waals surface area contributed by atoms with Crippen molar-refractivity contribution in [3.8, 4) is 0 Å². The zero-order valence-electron chi connectivity index (χ0n) is 7.97. The second kappa shape index (κ2) is 4.00. The van der Waals surface area contributed by atoms with Gasteiger partial charge in [0.2, 0.25) is 0 Å². The van der Waals surface area contributed by atoms with E-state index in [9.17, 15) is 0 Å². The molecular weight excluding hydrogens is 242 g/mol. The van der Waals surface area contributed by atoms with Crippen LogP contribution < -0.4 is 10.6 Å². The molecule has 1 aromatic carbocycles. The smallest absolute Gasteiger partial charge is 0.195 e. The summed E-state index contributed by atoms with van der Waals surface area (Å²) in [7, 11) is 0. The second-order valence-electron chi connectivity index (χ2n) is 3.27. The van der Waals surface area contributed by atoms with Crippen LogP contribution in [-0.2, 0) is 0 Å². The number of hydrogen-bond acceptors (Lipinski definition) is 3. The first kappa shape index (κ1) is 9.52. The lowest BCUT2D eigenvalue weighted by atomic mass is 10.2. The molecule has 0 aliphatic carbocycles. The molecule has 0 unspecified atom stereocenters. The number of aryl methyl sites for hydroxylation is 1. The lowest BCUT2D eigenvalue weighted by molar-refractivity contribution is 0.959. The molecule has 14 heavy (non-hydrogen) atoms. The highest BCUT2D eigenvalue weighted by molar-refractivity contribution is 9.10. The number of aliphatic imine (C=N–C) groups is 1. The molecule has 3 nitrogen and oxygen atoms in total. The van der Waals surface area contributed by atoms with Crippen LogP contribution in [0.4, 0.5) is 5.69 Å². The van der Waals surface area contributed by atoms with Crippen molar-refractivity contribution in [3.63, 3.8) is 0 Å². The maximum absolute atomic E-state index is 4.28. The Balaban J connectivity index is 2.19. The maximum atomic E-state index is 4.28. The summed E-state index contributed by atoms with van der Waals surface area (Å²) in [6, 6.07) is 6.19. The lowest BCUT2D eigenvalue weighted by Crippen LogP contribution is -2.26. The minimum absolute atomic E-state index is 0.853. The van der Waals surface area contributed by atoms with Crippen LogP contribution in [0.2, 0.25) is 0 Å². The van der Waals surface area contributed by atoms with Gasteiger partial charge in [0.05, 0.1) is 12.2 Å². The summed E-state index contributed by atoms with van der Waals surface area (Å²) in [5, 5.41) is 6.41. The Kier molecular flexibility index (Phi) is 2.72. The highest BCUT2D eigenvalue weighted by Gasteiger charge is 2.06. The Hall–Kier alpha value is -1.03. The van der Waals surface area contributed by atoms with Crippen LogP contribution in [-0.4, -0.2) is 19.0 Å². The fraction of sp³-hybridized carbons (Fsp3) is 0.300. The first-order chi connectivity index (χ1) is 6.75. The number of benzene rings is 1. The Bertz CT molecular complexity index is 374. The van der Waals surface area contributed by atoms with E-state index in [1.165, 1.54) is 5.56 Å². The van der Waals surface area contributed by atoms with Gasteiger partial charge >= 0.3 is 0 Å². The first-order valence-corrected chi connectivity index (χ1v) is 5.36. The van der Waals surface area contributed by atoms with E-state index in [2.05, 4.69) is 50.6 Å². The molecule has 0 amide bonds. The summed E-state index contributed by atoms with van der Waals surface area (Å²) < 4.78 is 1.06. The van der Waals surface area contributed by atoms with E-state index in [0.29, 0.717) is 0 Å². The summed E-state index contributed by atoms with van der Waals surface area (Å²) in [5.41, 5.74) is 2.28. The van der Waals surface area contributed by atoms with Crippen molar-refractivity contribution in [2.24, 2.45) is 4.99 Å². The molecule has 0 spiro atoms. The van der Waals surface area contributed by atoms with Gasteiger partial charge in [-0.15, -0.1) is 0 Å². The quantitative estimate of drug-likeness (QED) is 0.805. The minimum atomic E-state index is 0.853. The SMILES string of the molecule is Cc1ccc(Br)c(NC2=NCCN2)c1. The third-order valence-electron chi connectivity index (χ3n) is 2.05. The maximum Gasteiger partial charge on any atom is 0.195 e. The van der Waals surface area contributed by atoms with Gasteiger partial charge in [-0.25, -0.2) is 0 Å². The summed E-state index contributed by atoms with van der Waals surface area (Å²) in [4.78, 5) is 4.28. The number of nitrogens with one attached hydrogen (secondary N) is 2. The van der Waals surface area contributed by atoms with Crippen molar-refractivity contribution in [1.29, 1.82) is 0 Å². The van der Waals surface area contributed by atoms with E-state index in [0.717, 1.165) is 29.2 Å². The molecule has 1 aromatic rings. The van der Waals surface area contributed by atoms with Crippen molar-refractivity contribution in [2.75, 3.05) is 18.4 Å². The molecule has 4 heteroatoms. The number of nitrogens with zero attached hydrogens (tertiary/aromatic N) is 1. The van der Waals surface area contributed by atoms with Gasteiger partial charge < -0.3 is 10.6 Å². The third kappa shape index (κ3) is 2.07. The molecule has 2 rings (SSSR count). The van der Waals surface area contributed by atoms with Crippen LogP contribution in [0.5, 0.6) is 0 Å². The summed E-state index contributed by atoms with van der Waals surface area (Å²) in [5.74, 6) is 0.858. The Morgan fingerprint density at radius 1 is 1.50 bits per heavy atom. The van der Waals surface area contributed by atoms with Crippen molar-refractivity contribution >= 4 is 27.6 Å². The molecule has 1 aliphatic heterocycles. The molecule has 0 radical (unpaired) electrons. The van der Waals surface area contributed by atoms with Crippen LogP contribution >= 0.6 is 15.9 Å². The van der Waals surface area contributed by atoms with E-state index < -0.39 is 0 Å². The zero-order chi connectivity index (χ0) is 9.97. The summed E-state index contributed by atoms with van der Waals surface area (Å²) in [6.45, 7) is 3.85. The summed E-state index contributed by atoms with van der Waals surface area (Å²) >= 11 is 3.49. The van der Waals surface area contributed by atoms with E-state index in [-0.39, 0.29) is 0 Å². The largest absolute Gasteiger partial charge is 0.354 e. The molecule has 0 aromatic heterocycles. The van der Waals surface area contributed by atoms with Gasteiger partial charge in [-0.3, -0.25) is 4.99 Å². The Morgan fingerprint density at radius 3 is 3.07 bits per heavy atom. The van der Waals surface area contributed by atoms with Gasteiger partial charge in [-0.2, -0.15) is 0 Å². The van der Waals surface area contributed by atoms with Crippen molar-refractivity contribution in [1.82, 2.24) is 5.32 Å². The predicted molar refractivity (Wildman–Crippen MR) is 62.8 cm³/mol. The molecule has 0 saturated heterocycles. The third-order valence-corrected chi connectivity index (χ3v) is 2.74. The Labute approximate surface area is 91.7 Å². The number of rotatable bonds is 1. The normalized spacial score (nSPS) is 14.9. The fourth-order valence-corrected chi connectivity index (χ4v) is 1.69. The van der Waals surface area contributed by atoms with Crippen molar-refractivity contribution < 1.29 is 0 Å². The number of anilines is 1. The number of guanidine groups is 1. The van der Waals surface area contributed by atoms with Crippen LogP contribution in [0.25, 0.3) is 0 Å². The second-order valence-corrected chi connectivity index (χ2v) is 4.12. The van der Waals surface area contributed by atoms with Crippen molar-refractivity contribution in [3.05, 3.63) is 28.2 Å². The number of hydrogen-bond donors (Lipinski definition) is 2. The van der Waals surface area contributed by atoms with Gasteiger partial charge in [-0.1, -0.05) is 6.07 Å². The standard InChI is InChI=1S/C10H12BrN3/c1-7-2-3-8(11)9(6-7)14-10-12-4-5-13-10/h2-3,6H,4-5H2,1H3,(H2,12,13,14). The molecule has 1 heterocycles. The van der Waals surface area contributed by atoms with Crippen LogP contribution in [0.1, 0.15) is 5.56 Å². The average Bonchev–Trinajstić information content (AvgIpc) is 2.64. The molecule has 0 fully saturated rings. The lowest BCUT2D eigenvalue weighted by Gasteiger charge is -2.09. The summed E-state index contributed by atoms with van der Waals surface area (Å²) in [6.07, 6.45) is 0. The average molecular weight is 254 g/mol. The van der Waals surface area contributed by atoms with Crippen LogP contribution in [0.15, 0.2) is 27.7 Å². The molecule has 0 atom stereocenters. The Morgan fingerprint density at radius 2 is 2.36 bits per heavy atom. The topological polar surface area (TPSA) is 36.4 Å². The molecule has 2 N–H and O–H groups in total. The number of halogens is 1. The van der Waals surface area contributed by atoms with Crippen LogP contribution in [0, 0.1) is 6.92 Å². The van der Waals surface area contributed by atoms with Gasteiger partial charge in [0.15, 0.2) is 5.96 Å². The van der Waals surface area contributed by atoms with Gasteiger partial charge in [0.25, 0.3) is 0 Å². The minimum Gasteiger partial charge on any atom is -0.354 e. The molecular formula is C10H12BrN3. The van der Waals surface area contributed by atoms with Gasteiger partial charge in [0.1, 0.15) is 0 Å². The van der Waals surface area contributed by atoms with Crippen molar-refractivity contribution in [2.45, 2.75) is 6.92 Å². The zero-order valence-corrected chi connectivity index (χ0v) is 9.56. The molecule has 0 saturated carbocycles. The molecule has 1 aliphatic rings. The molecule has 0 bridgehead atoms. The predicted octanol–water partition coefficient (Wildman–Crippen LogP) is 2.13. The first-order valence-electron chi connectivity index (χ1n) is 4.57. The van der Waals surface area contributed by atoms with E-state index in [1.54, 1.807) is 0 Å².